The number of hydrogen-bond donors (Lipinski definition) is 2. The van der Waals surface area contributed by atoms with Crippen molar-refractivity contribution in [3.05, 3.63) is 29.6 Å². The summed E-state index contributed by atoms with van der Waals surface area (Å²) >= 11 is 0. The second-order valence-corrected chi connectivity index (χ2v) is 4.38. The van der Waals surface area contributed by atoms with E-state index >= 15 is 0 Å². The lowest BCUT2D eigenvalue weighted by molar-refractivity contribution is -0.123. The van der Waals surface area contributed by atoms with E-state index in [0.29, 0.717) is 18.7 Å². The van der Waals surface area contributed by atoms with Gasteiger partial charge in [0.2, 0.25) is 5.91 Å². The molecule has 1 unspecified atom stereocenters. The summed E-state index contributed by atoms with van der Waals surface area (Å²) in [7, 11) is 0. The molecule has 98 valence electrons. The van der Waals surface area contributed by atoms with Crippen molar-refractivity contribution >= 4 is 5.91 Å². The number of carbonyl (C=O) groups excluding carboxylic acids is 1. The number of ether oxygens (including phenoxy) is 1. The quantitative estimate of drug-likeness (QED) is 0.782. The molecule has 18 heavy (non-hydrogen) atoms. The van der Waals surface area contributed by atoms with Crippen LogP contribution in [0.3, 0.4) is 0 Å². The number of hydrogen-bond acceptors (Lipinski definition) is 4. The van der Waals surface area contributed by atoms with Crippen LogP contribution in [-0.4, -0.2) is 28.7 Å². The van der Waals surface area contributed by atoms with Crippen molar-refractivity contribution in [3.8, 4) is 0 Å². The van der Waals surface area contributed by atoms with Crippen molar-refractivity contribution in [2.45, 2.75) is 38.5 Å². The summed E-state index contributed by atoms with van der Waals surface area (Å²) in [4.78, 5) is 15.8. The Hall–Kier alpha value is -1.46. The van der Waals surface area contributed by atoms with E-state index in [1.807, 2.05) is 12.1 Å². The van der Waals surface area contributed by atoms with Crippen LogP contribution in [0.4, 0.5) is 0 Å². The maximum atomic E-state index is 11.6. The first kappa shape index (κ1) is 13.0. The minimum absolute atomic E-state index is 0.0155. The van der Waals surface area contributed by atoms with Crippen LogP contribution in [-0.2, 0) is 22.7 Å². The van der Waals surface area contributed by atoms with E-state index in [-0.39, 0.29) is 18.6 Å². The molecule has 1 amide bonds. The Bertz CT molecular complexity index is 405. The van der Waals surface area contributed by atoms with Crippen molar-refractivity contribution < 1.29 is 14.6 Å². The van der Waals surface area contributed by atoms with Gasteiger partial charge in [0, 0.05) is 13.0 Å². The standard InChI is InChI=1S/C13H18N2O3/c16-9-11-3-1-2-10(15-11)8-14-13(17)5-4-12-6-7-18-12/h1-3,12,16H,4-9H2,(H,14,17). The van der Waals surface area contributed by atoms with Crippen molar-refractivity contribution in [2.24, 2.45) is 0 Å². The number of amides is 1. The molecule has 1 aliphatic rings. The van der Waals surface area contributed by atoms with Crippen LogP contribution in [0.15, 0.2) is 18.2 Å². The highest BCUT2D eigenvalue weighted by Gasteiger charge is 2.18. The van der Waals surface area contributed by atoms with Crippen LogP contribution in [0.2, 0.25) is 0 Å². The number of pyridine rings is 1. The Labute approximate surface area is 106 Å². The molecule has 2 N–H and O–H groups in total. The largest absolute Gasteiger partial charge is 0.390 e. The number of aliphatic hydroxyl groups is 1. The van der Waals surface area contributed by atoms with Crippen LogP contribution in [0.1, 0.15) is 30.7 Å². The maximum absolute atomic E-state index is 11.6. The average molecular weight is 250 g/mol. The van der Waals surface area contributed by atoms with Crippen molar-refractivity contribution in [1.82, 2.24) is 10.3 Å². The molecule has 1 saturated heterocycles. The summed E-state index contributed by atoms with van der Waals surface area (Å²) in [5.41, 5.74) is 1.37. The van der Waals surface area contributed by atoms with Gasteiger partial charge in [0.25, 0.3) is 0 Å². The molecule has 0 spiro atoms. The molecule has 1 fully saturated rings. The predicted octanol–water partition coefficient (Wildman–Crippen LogP) is 0.759. The topological polar surface area (TPSA) is 71.5 Å². The van der Waals surface area contributed by atoms with Gasteiger partial charge in [-0.25, -0.2) is 0 Å². The van der Waals surface area contributed by atoms with Crippen molar-refractivity contribution in [3.63, 3.8) is 0 Å². The molecule has 2 heterocycles. The van der Waals surface area contributed by atoms with Gasteiger partial charge >= 0.3 is 0 Å². The number of nitrogens with zero attached hydrogens (tertiary/aromatic N) is 1. The van der Waals surface area contributed by atoms with E-state index in [0.717, 1.165) is 25.1 Å². The van der Waals surface area contributed by atoms with Crippen LogP contribution in [0.25, 0.3) is 0 Å². The summed E-state index contributed by atoms with van der Waals surface area (Å²) in [5, 5.41) is 11.8. The first-order valence-corrected chi connectivity index (χ1v) is 6.22. The van der Waals surface area contributed by atoms with Crippen LogP contribution in [0.5, 0.6) is 0 Å². The number of nitrogens with one attached hydrogen (secondary N) is 1. The molecular formula is C13H18N2O3. The van der Waals surface area contributed by atoms with Gasteiger partial charge in [-0.3, -0.25) is 9.78 Å². The summed E-state index contributed by atoms with van der Waals surface area (Å²) in [6.45, 7) is 1.14. The highest BCUT2D eigenvalue weighted by Crippen LogP contribution is 2.16. The minimum Gasteiger partial charge on any atom is -0.390 e. The van der Waals surface area contributed by atoms with Gasteiger partial charge in [-0.1, -0.05) is 6.07 Å². The van der Waals surface area contributed by atoms with Gasteiger partial charge in [-0.05, 0) is 25.0 Å². The molecule has 0 bridgehead atoms. The molecule has 0 radical (unpaired) electrons. The Kier molecular flexibility index (Phi) is 4.66. The lowest BCUT2D eigenvalue weighted by atomic mass is 10.1. The normalized spacial score (nSPS) is 18.2. The molecule has 1 aromatic rings. The molecule has 5 nitrogen and oxygen atoms in total. The summed E-state index contributed by atoms with van der Waals surface area (Å²) in [6, 6.07) is 5.40. The van der Waals surface area contributed by atoms with Gasteiger partial charge in [0.15, 0.2) is 0 Å². The molecule has 5 heteroatoms. The smallest absolute Gasteiger partial charge is 0.220 e. The van der Waals surface area contributed by atoms with E-state index in [9.17, 15) is 4.79 Å². The van der Waals surface area contributed by atoms with Gasteiger partial charge in [0.1, 0.15) is 0 Å². The van der Waals surface area contributed by atoms with E-state index < -0.39 is 0 Å². The highest BCUT2D eigenvalue weighted by atomic mass is 16.5. The summed E-state index contributed by atoms with van der Waals surface area (Å²) in [6.07, 6.45) is 2.61. The third kappa shape index (κ3) is 3.78. The monoisotopic (exact) mass is 250 g/mol. The lowest BCUT2D eigenvalue weighted by Gasteiger charge is -2.25. The molecule has 1 aliphatic heterocycles. The third-order valence-electron chi connectivity index (χ3n) is 2.98. The first-order chi connectivity index (χ1) is 8.78. The Morgan fingerprint density at radius 1 is 1.50 bits per heavy atom. The molecule has 1 atom stereocenters. The molecule has 0 saturated carbocycles. The van der Waals surface area contributed by atoms with Gasteiger partial charge in [0.05, 0.1) is 30.6 Å². The predicted molar refractivity (Wildman–Crippen MR) is 65.6 cm³/mol. The fourth-order valence-electron chi connectivity index (χ4n) is 1.80. The molecule has 0 aromatic carbocycles. The van der Waals surface area contributed by atoms with Gasteiger partial charge in [-0.15, -0.1) is 0 Å². The zero-order valence-electron chi connectivity index (χ0n) is 10.3. The average Bonchev–Trinajstić information content (AvgIpc) is 2.35. The van der Waals surface area contributed by atoms with Crippen LogP contribution < -0.4 is 5.32 Å². The molecule has 2 rings (SSSR count). The molecule has 1 aromatic heterocycles. The molecule has 0 aliphatic carbocycles. The SMILES string of the molecule is O=C(CCC1CCO1)NCc1cccc(CO)n1. The van der Waals surface area contributed by atoms with Gasteiger partial charge < -0.3 is 15.2 Å². The fourth-order valence-corrected chi connectivity index (χ4v) is 1.80. The Morgan fingerprint density at radius 3 is 2.94 bits per heavy atom. The number of carbonyl (C=O) groups is 1. The second kappa shape index (κ2) is 6.47. The maximum Gasteiger partial charge on any atom is 0.220 e. The summed E-state index contributed by atoms with van der Waals surface area (Å²) in [5.74, 6) is 0.0155. The minimum atomic E-state index is -0.0825. The lowest BCUT2D eigenvalue weighted by Crippen LogP contribution is -2.30. The number of aliphatic hydroxyl groups excluding tert-OH is 1. The fraction of sp³-hybridized carbons (Fsp3) is 0.538. The molecular weight excluding hydrogens is 232 g/mol. The van der Waals surface area contributed by atoms with E-state index in [2.05, 4.69) is 10.3 Å². The third-order valence-corrected chi connectivity index (χ3v) is 2.98. The van der Waals surface area contributed by atoms with Crippen molar-refractivity contribution in [2.75, 3.05) is 6.61 Å². The summed E-state index contributed by atoms with van der Waals surface area (Å²) < 4.78 is 5.25. The second-order valence-electron chi connectivity index (χ2n) is 4.38. The van der Waals surface area contributed by atoms with E-state index in [1.165, 1.54) is 0 Å². The van der Waals surface area contributed by atoms with E-state index in [4.69, 9.17) is 9.84 Å². The Balaban J connectivity index is 1.70. The number of aromatic nitrogens is 1. The van der Waals surface area contributed by atoms with E-state index in [1.54, 1.807) is 6.07 Å². The Morgan fingerprint density at radius 2 is 2.28 bits per heavy atom. The van der Waals surface area contributed by atoms with Gasteiger partial charge in [-0.2, -0.15) is 0 Å². The highest BCUT2D eigenvalue weighted by molar-refractivity contribution is 5.75. The first-order valence-electron chi connectivity index (χ1n) is 6.22. The van der Waals surface area contributed by atoms with Crippen LogP contribution >= 0.6 is 0 Å². The van der Waals surface area contributed by atoms with Crippen LogP contribution in [0, 0.1) is 0 Å². The number of rotatable bonds is 6. The zero-order chi connectivity index (χ0) is 12.8. The zero-order valence-corrected chi connectivity index (χ0v) is 10.3. The van der Waals surface area contributed by atoms with Crippen molar-refractivity contribution in [1.29, 1.82) is 0 Å².